The van der Waals surface area contributed by atoms with Gasteiger partial charge in [0.1, 0.15) is 6.61 Å². The van der Waals surface area contributed by atoms with Gasteiger partial charge in [-0.25, -0.2) is 9.78 Å². The molecule has 0 fully saturated rings. The van der Waals surface area contributed by atoms with Crippen molar-refractivity contribution in [2.24, 2.45) is 0 Å². The van der Waals surface area contributed by atoms with Crippen molar-refractivity contribution in [2.75, 3.05) is 4.90 Å². The van der Waals surface area contributed by atoms with Gasteiger partial charge in [-0.1, -0.05) is 48.0 Å². The van der Waals surface area contributed by atoms with E-state index in [4.69, 9.17) is 9.15 Å². The quantitative estimate of drug-likeness (QED) is 0.313. The van der Waals surface area contributed by atoms with E-state index in [0.29, 0.717) is 16.4 Å². The molecule has 0 bridgehead atoms. The number of anilines is 2. The monoisotopic (exact) mass is 460 g/mol. The van der Waals surface area contributed by atoms with Crippen LogP contribution in [0, 0.1) is 20.8 Å². The highest BCUT2D eigenvalue weighted by Crippen LogP contribution is 2.34. The molecule has 0 aliphatic rings. The number of thiazole rings is 1. The van der Waals surface area contributed by atoms with Crippen LogP contribution in [0.25, 0.3) is 11.1 Å². The van der Waals surface area contributed by atoms with Gasteiger partial charge in [0.2, 0.25) is 11.7 Å². The van der Waals surface area contributed by atoms with Crippen molar-refractivity contribution in [1.82, 2.24) is 4.98 Å². The number of aromatic nitrogens is 1. The van der Waals surface area contributed by atoms with E-state index in [1.807, 2.05) is 63.2 Å². The highest BCUT2D eigenvalue weighted by Gasteiger charge is 2.23. The van der Waals surface area contributed by atoms with Crippen molar-refractivity contribution in [3.8, 4) is 11.1 Å². The molecule has 4 aromatic rings. The number of rotatable bonds is 6. The second-order valence-corrected chi connectivity index (χ2v) is 8.67. The molecule has 0 saturated carbocycles. The molecule has 0 aliphatic heterocycles. The van der Waals surface area contributed by atoms with Crippen LogP contribution in [0.4, 0.5) is 10.8 Å². The van der Waals surface area contributed by atoms with E-state index in [1.165, 1.54) is 24.5 Å². The number of benzene rings is 2. The zero-order valence-electron chi connectivity index (χ0n) is 18.9. The fourth-order valence-electron chi connectivity index (χ4n) is 3.90. The Balaban J connectivity index is 1.52. The summed E-state index contributed by atoms with van der Waals surface area (Å²) >= 11 is 1.33. The number of amides is 1. The van der Waals surface area contributed by atoms with E-state index in [-0.39, 0.29) is 18.3 Å². The van der Waals surface area contributed by atoms with Gasteiger partial charge < -0.3 is 9.15 Å². The molecule has 168 valence electrons. The third-order valence-electron chi connectivity index (χ3n) is 5.19. The highest BCUT2D eigenvalue weighted by atomic mass is 32.1. The Hall–Kier alpha value is -3.71. The van der Waals surface area contributed by atoms with Crippen LogP contribution in [0.1, 0.15) is 39.9 Å². The zero-order chi connectivity index (χ0) is 23.5. The van der Waals surface area contributed by atoms with Crippen molar-refractivity contribution < 1.29 is 18.7 Å². The molecule has 2 heterocycles. The van der Waals surface area contributed by atoms with Crippen LogP contribution >= 0.6 is 11.3 Å². The van der Waals surface area contributed by atoms with Gasteiger partial charge in [-0.2, -0.15) is 0 Å². The number of nitrogens with zero attached hydrogens (tertiary/aromatic N) is 2. The lowest BCUT2D eigenvalue weighted by Crippen LogP contribution is -2.24. The maximum Gasteiger partial charge on any atom is 0.375 e. The summed E-state index contributed by atoms with van der Waals surface area (Å²) in [6, 6.07) is 15.3. The molecule has 0 radical (unpaired) electrons. The number of esters is 1. The van der Waals surface area contributed by atoms with E-state index in [1.54, 1.807) is 16.3 Å². The van der Waals surface area contributed by atoms with Crippen LogP contribution in [0.3, 0.4) is 0 Å². The van der Waals surface area contributed by atoms with Crippen LogP contribution in [-0.4, -0.2) is 16.9 Å². The van der Waals surface area contributed by atoms with Gasteiger partial charge in [-0.15, -0.1) is 11.3 Å². The summed E-state index contributed by atoms with van der Waals surface area (Å²) in [5, 5.41) is 2.32. The average molecular weight is 461 g/mol. The first-order valence-corrected chi connectivity index (χ1v) is 11.4. The molecule has 6 nitrogen and oxygen atoms in total. The SMILES string of the molecule is CC(=O)N(c1nc(COC(=O)c2occc2-c2ccccc2)cs1)c1c(C)cc(C)cc1C. The summed E-state index contributed by atoms with van der Waals surface area (Å²) in [6.07, 6.45) is 1.47. The number of hydrogen-bond acceptors (Lipinski definition) is 6. The van der Waals surface area contributed by atoms with E-state index in [2.05, 4.69) is 4.98 Å². The number of furan rings is 1. The summed E-state index contributed by atoms with van der Waals surface area (Å²) in [4.78, 5) is 31.4. The second kappa shape index (κ2) is 9.42. The summed E-state index contributed by atoms with van der Waals surface area (Å²) in [5.74, 6) is -0.555. The van der Waals surface area contributed by atoms with E-state index in [9.17, 15) is 9.59 Å². The first kappa shape index (κ1) is 22.5. The molecule has 0 N–H and O–H groups in total. The number of carbonyl (C=O) groups is 2. The summed E-state index contributed by atoms with van der Waals surface area (Å²) < 4.78 is 10.9. The Morgan fingerprint density at radius 3 is 2.42 bits per heavy atom. The molecule has 4 rings (SSSR count). The fraction of sp³-hybridized carbons (Fsp3) is 0.192. The molecule has 0 saturated heterocycles. The molecule has 2 aromatic heterocycles. The molecule has 33 heavy (non-hydrogen) atoms. The highest BCUT2D eigenvalue weighted by molar-refractivity contribution is 7.14. The second-order valence-electron chi connectivity index (χ2n) is 7.83. The Morgan fingerprint density at radius 1 is 1.06 bits per heavy atom. The zero-order valence-corrected chi connectivity index (χ0v) is 19.7. The average Bonchev–Trinajstić information content (AvgIpc) is 3.44. The lowest BCUT2D eigenvalue weighted by atomic mass is 10.0. The Kier molecular flexibility index (Phi) is 6.42. The first-order valence-electron chi connectivity index (χ1n) is 10.5. The minimum absolute atomic E-state index is 0.0259. The van der Waals surface area contributed by atoms with Crippen molar-refractivity contribution in [2.45, 2.75) is 34.3 Å². The third-order valence-corrected chi connectivity index (χ3v) is 6.07. The van der Waals surface area contributed by atoms with Crippen LogP contribution in [-0.2, 0) is 16.1 Å². The van der Waals surface area contributed by atoms with Crippen molar-refractivity contribution >= 4 is 34.0 Å². The van der Waals surface area contributed by atoms with Gasteiger partial charge >= 0.3 is 5.97 Å². The van der Waals surface area contributed by atoms with Crippen molar-refractivity contribution in [3.05, 3.63) is 88.3 Å². The number of aryl methyl sites for hydroxylation is 3. The third kappa shape index (κ3) is 4.73. The van der Waals surface area contributed by atoms with E-state index in [0.717, 1.165) is 27.9 Å². The molecular weight excluding hydrogens is 436 g/mol. The maximum absolute atomic E-state index is 12.7. The first-order chi connectivity index (χ1) is 15.8. The molecule has 2 aromatic carbocycles. The van der Waals surface area contributed by atoms with Crippen LogP contribution in [0.15, 0.2) is 64.6 Å². The molecule has 0 atom stereocenters. The Morgan fingerprint density at radius 2 is 1.76 bits per heavy atom. The lowest BCUT2D eigenvalue weighted by molar-refractivity contribution is -0.115. The number of hydrogen-bond donors (Lipinski definition) is 0. The van der Waals surface area contributed by atoms with Crippen LogP contribution < -0.4 is 4.90 Å². The van der Waals surface area contributed by atoms with E-state index < -0.39 is 5.97 Å². The lowest BCUT2D eigenvalue weighted by Gasteiger charge is -2.23. The van der Waals surface area contributed by atoms with E-state index >= 15 is 0 Å². The molecular formula is C26H24N2O4S. The summed E-state index contributed by atoms with van der Waals surface area (Å²) in [6.45, 7) is 7.48. The smallest absolute Gasteiger partial charge is 0.375 e. The molecule has 0 aliphatic carbocycles. The minimum atomic E-state index is -0.568. The Labute approximate surface area is 196 Å². The molecule has 0 unspecified atom stereocenters. The topological polar surface area (TPSA) is 72.6 Å². The maximum atomic E-state index is 12.7. The molecule has 7 heteroatoms. The summed E-state index contributed by atoms with van der Waals surface area (Å²) in [5.41, 5.74) is 6.06. The fourth-order valence-corrected chi connectivity index (χ4v) is 4.75. The van der Waals surface area contributed by atoms with Gasteiger partial charge in [0.15, 0.2) is 5.13 Å². The van der Waals surface area contributed by atoms with Crippen molar-refractivity contribution in [3.63, 3.8) is 0 Å². The predicted octanol–water partition coefficient (Wildman–Crippen LogP) is 6.37. The number of ether oxygens (including phenoxy) is 1. The van der Waals surface area contributed by atoms with Gasteiger partial charge in [-0.05, 0) is 43.5 Å². The van der Waals surface area contributed by atoms with Gasteiger partial charge in [0.25, 0.3) is 0 Å². The Bertz CT molecular complexity index is 1280. The van der Waals surface area contributed by atoms with Gasteiger partial charge in [-0.3, -0.25) is 9.69 Å². The minimum Gasteiger partial charge on any atom is -0.457 e. The van der Waals surface area contributed by atoms with Gasteiger partial charge in [0, 0.05) is 17.9 Å². The standard InChI is InChI=1S/C26H24N2O4S/c1-16-12-17(2)23(18(3)13-16)28(19(4)29)26-27-21(15-33-26)14-32-25(30)24-22(10-11-31-24)20-8-6-5-7-9-20/h5-13,15H,14H2,1-4H3. The number of carbonyl (C=O) groups excluding carboxylic acids is 2. The normalized spacial score (nSPS) is 10.8. The van der Waals surface area contributed by atoms with Gasteiger partial charge in [0.05, 0.1) is 17.6 Å². The van der Waals surface area contributed by atoms with Crippen LogP contribution in [0.5, 0.6) is 0 Å². The van der Waals surface area contributed by atoms with Crippen LogP contribution in [0.2, 0.25) is 0 Å². The largest absolute Gasteiger partial charge is 0.457 e. The van der Waals surface area contributed by atoms with Crippen molar-refractivity contribution in [1.29, 1.82) is 0 Å². The summed E-state index contributed by atoms with van der Waals surface area (Å²) in [7, 11) is 0. The molecule has 0 spiro atoms. The molecule has 1 amide bonds. The predicted molar refractivity (Wildman–Crippen MR) is 129 cm³/mol.